The van der Waals surface area contributed by atoms with Crippen LogP contribution in [0.25, 0.3) is 0 Å². The van der Waals surface area contributed by atoms with Crippen molar-refractivity contribution in [1.29, 1.82) is 0 Å². The number of hydrogen-bond acceptors (Lipinski definition) is 5. The van der Waals surface area contributed by atoms with Crippen LogP contribution in [0.15, 0.2) is 53.7 Å². The van der Waals surface area contributed by atoms with Gasteiger partial charge in [-0.15, -0.1) is 0 Å². The molecule has 2 aromatic carbocycles. The Balaban J connectivity index is 1.85. The lowest BCUT2D eigenvalue weighted by Crippen LogP contribution is -2.10. The second-order valence-electron chi connectivity index (χ2n) is 6.05. The number of hydrogen-bond donors (Lipinski definition) is 0. The molecule has 0 radical (unpaired) electrons. The Morgan fingerprint density at radius 3 is 2.21 bits per heavy atom. The lowest BCUT2D eigenvalue weighted by molar-refractivity contribution is 0.209. The van der Waals surface area contributed by atoms with Crippen molar-refractivity contribution in [3.8, 4) is 17.2 Å². The molecule has 0 unspecified atom stereocenters. The predicted octanol–water partition coefficient (Wildman–Crippen LogP) is 4.99. The minimum Gasteiger partial charge on any atom is -0.490 e. The fourth-order valence-electron chi connectivity index (χ4n) is 2.59. The number of rotatable bonds is 10. The van der Waals surface area contributed by atoms with Gasteiger partial charge < -0.3 is 19.0 Å². The molecule has 150 valence electrons. The zero-order valence-electron chi connectivity index (χ0n) is 16.7. The molecular formula is C22H26FNO4. The van der Waals surface area contributed by atoms with Crippen molar-refractivity contribution >= 4 is 5.97 Å². The lowest BCUT2D eigenvalue weighted by Gasteiger charge is -2.15. The number of oxime groups is 1. The standard InChI is InChI=1S/C22H26FNO4/c1-5-6-11-26-20-14-16(2)21(17(3)15-20)28-13-12-27-19-9-7-18(8-10-19)22(23)24-25-4/h5-10,14-15H,11-13H2,1-4H3/b6-5+,24-22-. The summed E-state index contributed by atoms with van der Waals surface area (Å²) >= 11 is 0. The number of ether oxygens (including phenoxy) is 3. The Bertz CT molecular complexity index is 793. The number of benzene rings is 2. The van der Waals surface area contributed by atoms with Crippen molar-refractivity contribution in [1.82, 2.24) is 0 Å². The first kappa shape index (κ1) is 21.3. The molecule has 0 fully saturated rings. The van der Waals surface area contributed by atoms with Crippen molar-refractivity contribution in [2.75, 3.05) is 26.9 Å². The minimum absolute atomic E-state index is 0.327. The van der Waals surface area contributed by atoms with Crippen LogP contribution in [0.4, 0.5) is 4.39 Å². The van der Waals surface area contributed by atoms with Crippen molar-refractivity contribution in [2.24, 2.45) is 5.16 Å². The van der Waals surface area contributed by atoms with Gasteiger partial charge in [0.1, 0.15) is 44.2 Å². The van der Waals surface area contributed by atoms with E-state index in [0.29, 0.717) is 31.1 Å². The van der Waals surface area contributed by atoms with Crippen LogP contribution in [-0.2, 0) is 4.84 Å². The molecular weight excluding hydrogens is 361 g/mol. The van der Waals surface area contributed by atoms with Crippen LogP contribution >= 0.6 is 0 Å². The molecule has 0 atom stereocenters. The highest BCUT2D eigenvalue weighted by Gasteiger charge is 2.08. The topological polar surface area (TPSA) is 49.3 Å². The Labute approximate surface area is 165 Å². The first-order chi connectivity index (χ1) is 13.5. The van der Waals surface area contributed by atoms with E-state index < -0.39 is 5.97 Å². The van der Waals surface area contributed by atoms with Gasteiger partial charge in [-0.25, -0.2) is 0 Å². The van der Waals surface area contributed by atoms with Gasteiger partial charge in [-0.1, -0.05) is 17.3 Å². The van der Waals surface area contributed by atoms with Gasteiger partial charge in [0.15, 0.2) is 0 Å². The Morgan fingerprint density at radius 2 is 1.61 bits per heavy atom. The molecule has 0 heterocycles. The molecule has 0 aliphatic carbocycles. The van der Waals surface area contributed by atoms with Crippen LogP contribution in [0.5, 0.6) is 17.2 Å². The van der Waals surface area contributed by atoms with E-state index in [1.807, 2.05) is 45.1 Å². The highest BCUT2D eigenvalue weighted by atomic mass is 19.1. The molecule has 0 amide bonds. The van der Waals surface area contributed by atoms with Crippen molar-refractivity contribution in [3.63, 3.8) is 0 Å². The molecule has 0 saturated heterocycles. The second-order valence-corrected chi connectivity index (χ2v) is 6.05. The highest BCUT2D eigenvalue weighted by molar-refractivity contribution is 5.92. The number of allylic oxidation sites excluding steroid dienone is 1. The Morgan fingerprint density at radius 1 is 0.964 bits per heavy atom. The van der Waals surface area contributed by atoms with Crippen molar-refractivity contribution in [2.45, 2.75) is 20.8 Å². The Kier molecular flexibility index (Phi) is 8.34. The molecule has 0 bridgehead atoms. The molecule has 0 spiro atoms. The summed E-state index contributed by atoms with van der Waals surface area (Å²) in [6.07, 6.45) is 3.91. The van der Waals surface area contributed by atoms with Crippen LogP contribution in [0, 0.1) is 13.8 Å². The van der Waals surface area contributed by atoms with Gasteiger partial charge in [0, 0.05) is 5.56 Å². The minimum atomic E-state index is -0.679. The van der Waals surface area contributed by atoms with Crippen LogP contribution in [0.2, 0.25) is 0 Å². The molecule has 0 N–H and O–H groups in total. The molecule has 0 aliphatic rings. The zero-order valence-corrected chi connectivity index (χ0v) is 16.7. The van der Waals surface area contributed by atoms with Crippen LogP contribution in [0.3, 0.4) is 0 Å². The third-order valence-corrected chi connectivity index (χ3v) is 3.88. The average molecular weight is 387 g/mol. The number of halogens is 1. The molecule has 2 aromatic rings. The molecule has 6 heteroatoms. The van der Waals surface area contributed by atoms with Crippen LogP contribution < -0.4 is 14.2 Å². The van der Waals surface area contributed by atoms with E-state index in [1.165, 1.54) is 7.11 Å². The Hall–Kier alpha value is -3.02. The lowest BCUT2D eigenvalue weighted by atomic mass is 10.1. The maximum Gasteiger partial charge on any atom is 0.257 e. The third-order valence-electron chi connectivity index (χ3n) is 3.88. The quantitative estimate of drug-likeness (QED) is 0.249. The maximum atomic E-state index is 13.5. The molecule has 0 aliphatic heterocycles. The predicted molar refractivity (Wildman–Crippen MR) is 108 cm³/mol. The van der Waals surface area contributed by atoms with Gasteiger partial charge in [-0.3, -0.25) is 0 Å². The van der Waals surface area contributed by atoms with Gasteiger partial charge >= 0.3 is 0 Å². The van der Waals surface area contributed by atoms with Crippen molar-refractivity contribution in [3.05, 3.63) is 65.2 Å². The van der Waals surface area contributed by atoms with E-state index in [9.17, 15) is 4.39 Å². The molecule has 0 aromatic heterocycles. The van der Waals surface area contributed by atoms with E-state index in [0.717, 1.165) is 22.6 Å². The van der Waals surface area contributed by atoms with Crippen LogP contribution in [0.1, 0.15) is 23.6 Å². The third kappa shape index (κ3) is 6.30. The van der Waals surface area contributed by atoms with E-state index in [2.05, 4.69) is 9.99 Å². The van der Waals surface area contributed by atoms with Gasteiger partial charge in [0.2, 0.25) is 0 Å². The monoisotopic (exact) mass is 387 g/mol. The molecule has 5 nitrogen and oxygen atoms in total. The SMILES string of the molecule is C/C=C/COc1cc(C)c(OCCOc2ccc(/C(F)=N/OC)cc2)c(C)c1. The van der Waals surface area contributed by atoms with E-state index in [1.54, 1.807) is 24.3 Å². The normalized spacial score (nSPS) is 11.5. The number of nitrogens with zero attached hydrogens (tertiary/aromatic N) is 1. The molecule has 28 heavy (non-hydrogen) atoms. The summed E-state index contributed by atoms with van der Waals surface area (Å²) in [7, 11) is 1.30. The summed E-state index contributed by atoms with van der Waals surface area (Å²) in [6, 6.07) is 10.4. The van der Waals surface area contributed by atoms with Crippen LogP contribution in [-0.4, -0.2) is 32.9 Å². The van der Waals surface area contributed by atoms with Gasteiger partial charge in [0.05, 0.1) is 0 Å². The molecule has 2 rings (SSSR count). The fraction of sp³-hybridized carbons (Fsp3) is 0.318. The summed E-state index contributed by atoms with van der Waals surface area (Å²) in [5.41, 5.74) is 2.34. The average Bonchev–Trinajstić information content (AvgIpc) is 2.67. The highest BCUT2D eigenvalue weighted by Crippen LogP contribution is 2.28. The fourth-order valence-corrected chi connectivity index (χ4v) is 2.59. The van der Waals surface area contributed by atoms with Gasteiger partial charge in [0.25, 0.3) is 5.97 Å². The molecule has 0 saturated carbocycles. The summed E-state index contributed by atoms with van der Waals surface area (Å²) in [5, 5.41) is 3.25. The summed E-state index contributed by atoms with van der Waals surface area (Å²) in [5.74, 6) is 1.59. The second kappa shape index (κ2) is 11.0. The number of aryl methyl sites for hydroxylation is 2. The summed E-state index contributed by atoms with van der Waals surface area (Å²) < 4.78 is 30.7. The summed E-state index contributed by atoms with van der Waals surface area (Å²) in [6.45, 7) is 7.24. The van der Waals surface area contributed by atoms with E-state index in [4.69, 9.17) is 14.2 Å². The zero-order chi connectivity index (χ0) is 20.4. The van der Waals surface area contributed by atoms with Crippen molar-refractivity contribution < 1.29 is 23.4 Å². The first-order valence-electron chi connectivity index (χ1n) is 9.03. The van der Waals surface area contributed by atoms with Gasteiger partial charge in [-0.2, -0.15) is 4.39 Å². The first-order valence-corrected chi connectivity index (χ1v) is 9.03. The summed E-state index contributed by atoms with van der Waals surface area (Å²) in [4.78, 5) is 4.42. The van der Waals surface area contributed by atoms with Gasteiger partial charge in [-0.05, 0) is 68.3 Å². The van der Waals surface area contributed by atoms with E-state index >= 15 is 0 Å². The smallest absolute Gasteiger partial charge is 0.257 e. The maximum absolute atomic E-state index is 13.5. The largest absolute Gasteiger partial charge is 0.490 e. The van der Waals surface area contributed by atoms with E-state index in [-0.39, 0.29) is 0 Å².